The van der Waals surface area contributed by atoms with Gasteiger partial charge in [0.15, 0.2) is 0 Å². The molecule has 2 aromatic rings. The molecule has 100 valence electrons. The fraction of sp³-hybridized carbons (Fsp3) is 0.267. The van der Waals surface area contributed by atoms with E-state index in [-0.39, 0.29) is 5.82 Å². The molecule has 0 aliphatic carbocycles. The highest BCUT2D eigenvalue weighted by Gasteiger charge is 2.08. The van der Waals surface area contributed by atoms with Gasteiger partial charge in [-0.15, -0.1) is 0 Å². The van der Waals surface area contributed by atoms with Gasteiger partial charge in [0.1, 0.15) is 11.6 Å². The molecule has 0 amide bonds. The standard InChI is InChI=1S/C15H18FN3/c1-11-7-12(9-17)8-15(18-11)19(2)10-13-5-3-4-6-14(13)16/h3-8H,9-10,17H2,1-2H3. The number of aromatic nitrogens is 1. The third kappa shape index (κ3) is 3.29. The van der Waals surface area contributed by atoms with Crippen molar-refractivity contribution in [3.8, 4) is 0 Å². The third-order valence-electron chi connectivity index (χ3n) is 2.99. The van der Waals surface area contributed by atoms with Gasteiger partial charge in [-0.1, -0.05) is 18.2 Å². The molecule has 3 nitrogen and oxygen atoms in total. The maximum absolute atomic E-state index is 13.6. The number of rotatable bonds is 4. The van der Waals surface area contributed by atoms with Crippen LogP contribution in [0.2, 0.25) is 0 Å². The van der Waals surface area contributed by atoms with Crippen molar-refractivity contribution in [3.05, 3.63) is 59.0 Å². The fourth-order valence-electron chi connectivity index (χ4n) is 2.00. The maximum atomic E-state index is 13.6. The first-order valence-electron chi connectivity index (χ1n) is 6.22. The van der Waals surface area contributed by atoms with Gasteiger partial charge in [-0.25, -0.2) is 9.37 Å². The summed E-state index contributed by atoms with van der Waals surface area (Å²) in [6.07, 6.45) is 0. The highest BCUT2D eigenvalue weighted by atomic mass is 19.1. The monoisotopic (exact) mass is 259 g/mol. The second-order valence-corrected chi connectivity index (χ2v) is 4.63. The molecule has 0 aliphatic heterocycles. The minimum Gasteiger partial charge on any atom is -0.355 e. The van der Waals surface area contributed by atoms with Crippen molar-refractivity contribution in [1.29, 1.82) is 0 Å². The molecular weight excluding hydrogens is 241 g/mol. The van der Waals surface area contributed by atoms with Crippen LogP contribution in [0.4, 0.5) is 10.2 Å². The summed E-state index contributed by atoms with van der Waals surface area (Å²) >= 11 is 0. The Morgan fingerprint density at radius 1 is 1.26 bits per heavy atom. The predicted molar refractivity (Wildman–Crippen MR) is 75.4 cm³/mol. The quantitative estimate of drug-likeness (QED) is 0.917. The predicted octanol–water partition coefficient (Wildman–Crippen LogP) is 2.62. The van der Waals surface area contributed by atoms with Crippen molar-refractivity contribution < 1.29 is 4.39 Å². The molecule has 0 spiro atoms. The first-order valence-corrected chi connectivity index (χ1v) is 6.22. The number of anilines is 1. The SMILES string of the molecule is Cc1cc(CN)cc(N(C)Cc2ccccc2F)n1. The van der Waals surface area contributed by atoms with E-state index in [2.05, 4.69) is 4.98 Å². The van der Waals surface area contributed by atoms with Crippen molar-refractivity contribution >= 4 is 5.82 Å². The molecule has 0 atom stereocenters. The van der Waals surface area contributed by atoms with Gasteiger partial charge in [0.2, 0.25) is 0 Å². The number of halogens is 1. The van der Waals surface area contributed by atoms with Crippen molar-refractivity contribution in [2.24, 2.45) is 5.73 Å². The zero-order valence-electron chi connectivity index (χ0n) is 11.2. The molecule has 0 radical (unpaired) electrons. The van der Waals surface area contributed by atoms with Gasteiger partial charge < -0.3 is 10.6 Å². The van der Waals surface area contributed by atoms with Crippen LogP contribution in [0.25, 0.3) is 0 Å². The van der Waals surface area contributed by atoms with Crippen molar-refractivity contribution in [2.75, 3.05) is 11.9 Å². The van der Waals surface area contributed by atoms with E-state index in [9.17, 15) is 4.39 Å². The number of hydrogen-bond donors (Lipinski definition) is 1. The van der Waals surface area contributed by atoms with Crippen LogP contribution in [0, 0.1) is 12.7 Å². The molecular formula is C15H18FN3. The summed E-state index contributed by atoms with van der Waals surface area (Å²) in [6, 6.07) is 10.7. The van der Waals surface area contributed by atoms with Crippen LogP contribution in [0.3, 0.4) is 0 Å². The van der Waals surface area contributed by atoms with Gasteiger partial charge in [0, 0.05) is 31.4 Å². The van der Waals surface area contributed by atoms with E-state index >= 15 is 0 Å². The third-order valence-corrected chi connectivity index (χ3v) is 2.99. The van der Waals surface area contributed by atoms with E-state index < -0.39 is 0 Å². The van der Waals surface area contributed by atoms with E-state index in [1.54, 1.807) is 12.1 Å². The number of pyridine rings is 1. The van der Waals surface area contributed by atoms with Gasteiger partial charge in [0.25, 0.3) is 0 Å². The van der Waals surface area contributed by atoms with Crippen molar-refractivity contribution in [1.82, 2.24) is 4.98 Å². The summed E-state index contributed by atoms with van der Waals surface area (Å²) in [5, 5.41) is 0. The molecule has 2 rings (SSSR count). The summed E-state index contributed by atoms with van der Waals surface area (Å²) in [6.45, 7) is 2.89. The van der Waals surface area contributed by atoms with E-state index in [1.807, 2.05) is 37.1 Å². The molecule has 0 saturated carbocycles. The molecule has 0 aliphatic rings. The van der Waals surface area contributed by atoms with Crippen LogP contribution in [-0.4, -0.2) is 12.0 Å². The smallest absolute Gasteiger partial charge is 0.129 e. The lowest BCUT2D eigenvalue weighted by Crippen LogP contribution is -2.19. The molecule has 0 fully saturated rings. The molecule has 1 aromatic heterocycles. The van der Waals surface area contributed by atoms with Crippen LogP contribution in [-0.2, 0) is 13.1 Å². The first kappa shape index (κ1) is 13.5. The maximum Gasteiger partial charge on any atom is 0.129 e. The van der Waals surface area contributed by atoms with Gasteiger partial charge in [-0.05, 0) is 30.7 Å². The summed E-state index contributed by atoms with van der Waals surface area (Å²) < 4.78 is 13.6. The average Bonchev–Trinajstić information content (AvgIpc) is 2.40. The number of hydrogen-bond acceptors (Lipinski definition) is 3. The summed E-state index contributed by atoms with van der Waals surface area (Å²) in [4.78, 5) is 6.38. The molecule has 0 saturated heterocycles. The topological polar surface area (TPSA) is 42.1 Å². The zero-order valence-corrected chi connectivity index (χ0v) is 11.2. The van der Waals surface area contributed by atoms with E-state index in [1.165, 1.54) is 6.07 Å². The van der Waals surface area contributed by atoms with Crippen molar-refractivity contribution in [2.45, 2.75) is 20.0 Å². The number of benzene rings is 1. The average molecular weight is 259 g/mol. The lowest BCUT2D eigenvalue weighted by atomic mass is 10.2. The first-order chi connectivity index (χ1) is 9.10. The summed E-state index contributed by atoms with van der Waals surface area (Å²) in [7, 11) is 1.90. The van der Waals surface area contributed by atoms with Crippen LogP contribution in [0.15, 0.2) is 36.4 Å². The molecule has 0 bridgehead atoms. The molecule has 19 heavy (non-hydrogen) atoms. The van der Waals surface area contributed by atoms with Crippen LogP contribution in [0.1, 0.15) is 16.8 Å². The minimum absolute atomic E-state index is 0.193. The second-order valence-electron chi connectivity index (χ2n) is 4.63. The van der Waals surface area contributed by atoms with Crippen LogP contribution in [0.5, 0.6) is 0 Å². The highest BCUT2D eigenvalue weighted by Crippen LogP contribution is 2.17. The van der Waals surface area contributed by atoms with Gasteiger partial charge >= 0.3 is 0 Å². The molecule has 4 heteroatoms. The van der Waals surface area contributed by atoms with E-state index in [0.29, 0.717) is 18.7 Å². The Morgan fingerprint density at radius 2 is 2.00 bits per heavy atom. The minimum atomic E-state index is -0.193. The van der Waals surface area contributed by atoms with Crippen LogP contribution >= 0.6 is 0 Å². The van der Waals surface area contributed by atoms with Crippen LogP contribution < -0.4 is 10.6 Å². The Kier molecular flexibility index (Phi) is 4.12. The van der Waals surface area contributed by atoms with E-state index in [4.69, 9.17) is 5.73 Å². The Labute approximate surface area is 112 Å². The second kappa shape index (κ2) is 5.80. The lowest BCUT2D eigenvalue weighted by Gasteiger charge is -2.19. The van der Waals surface area contributed by atoms with E-state index in [0.717, 1.165) is 17.1 Å². The Hall–Kier alpha value is -1.94. The Bertz CT molecular complexity index is 569. The van der Waals surface area contributed by atoms with Gasteiger partial charge in [-0.3, -0.25) is 0 Å². The molecule has 1 heterocycles. The largest absolute Gasteiger partial charge is 0.355 e. The Morgan fingerprint density at radius 3 is 2.68 bits per heavy atom. The molecule has 1 aromatic carbocycles. The number of aryl methyl sites for hydroxylation is 1. The zero-order chi connectivity index (χ0) is 13.8. The van der Waals surface area contributed by atoms with Gasteiger partial charge in [0.05, 0.1) is 0 Å². The van der Waals surface area contributed by atoms with Crippen molar-refractivity contribution in [3.63, 3.8) is 0 Å². The Balaban J connectivity index is 2.22. The highest BCUT2D eigenvalue weighted by molar-refractivity contribution is 5.42. The normalized spacial score (nSPS) is 10.5. The molecule has 0 unspecified atom stereocenters. The summed E-state index contributed by atoms with van der Waals surface area (Å²) in [5.74, 6) is 0.616. The summed E-state index contributed by atoms with van der Waals surface area (Å²) in [5.41, 5.74) is 8.26. The number of nitrogens with zero attached hydrogens (tertiary/aromatic N) is 2. The fourth-order valence-corrected chi connectivity index (χ4v) is 2.00. The lowest BCUT2D eigenvalue weighted by molar-refractivity contribution is 0.607. The molecule has 2 N–H and O–H groups in total. The number of nitrogens with two attached hydrogens (primary N) is 1. The van der Waals surface area contributed by atoms with Gasteiger partial charge in [-0.2, -0.15) is 0 Å².